The van der Waals surface area contributed by atoms with Crippen LogP contribution in [0.5, 0.6) is 0 Å². The predicted octanol–water partition coefficient (Wildman–Crippen LogP) is 1.45. The quantitative estimate of drug-likeness (QED) is 0.822. The summed E-state index contributed by atoms with van der Waals surface area (Å²) in [5, 5.41) is 4.34. The Kier molecular flexibility index (Phi) is 4.33. The fourth-order valence-electron chi connectivity index (χ4n) is 3.63. The van der Waals surface area contributed by atoms with Gasteiger partial charge in [0.05, 0.1) is 18.4 Å². The second kappa shape index (κ2) is 6.07. The molecule has 0 radical (unpaired) electrons. The molecule has 2 aliphatic rings. The van der Waals surface area contributed by atoms with E-state index in [-0.39, 0.29) is 5.60 Å². The highest BCUT2D eigenvalue weighted by atomic mass is 16.5. The summed E-state index contributed by atoms with van der Waals surface area (Å²) < 4.78 is 8.21. The second-order valence-corrected chi connectivity index (χ2v) is 7.01. The van der Waals surface area contributed by atoms with Gasteiger partial charge in [0.1, 0.15) is 0 Å². The van der Waals surface area contributed by atoms with Crippen LogP contribution in [0.15, 0.2) is 12.4 Å². The van der Waals surface area contributed by atoms with Gasteiger partial charge in [0.15, 0.2) is 0 Å². The lowest BCUT2D eigenvalue weighted by Crippen LogP contribution is -2.64. The van der Waals surface area contributed by atoms with Crippen LogP contribution in [-0.4, -0.2) is 65.5 Å². The number of aryl methyl sites for hydroxylation is 1. The van der Waals surface area contributed by atoms with Gasteiger partial charge in [-0.3, -0.25) is 9.58 Å². The third-order valence-corrected chi connectivity index (χ3v) is 4.70. The Balaban J connectivity index is 1.43. The minimum atomic E-state index is 0.156. The molecule has 3 rings (SSSR count). The average molecular weight is 292 g/mol. The van der Waals surface area contributed by atoms with Crippen molar-refractivity contribution in [2.45, 2.75) is 38.5 Å². The number of ether oxygens (including phenoxy) is 1. The number of rotatable bonds is 5. The number of likely N-dealkylation sites (tertiary alicyclic amines) is 1. The highest BCUT2D eigenvalue weighted by molar-refractivity contribution is 5.08. The molecule has 2 aliphatic heterocycles. The predicted molar refractivity (Wildman–Crippen MR) is 83.1 cm³/mol. The van der Waals surface area contributed by atoms with Gasteiger partial charge < -0.3 is 9.64 Å². The van der Waals surface area contributed by atoms with E-state index in [1.807, 2.05) is 10.9 Å². The summed E-state index contributed by atoms with van der Waals surface area (Å²) in [7, 11) is 4.29. The summed E-state index contributed by atoms with van der Waals surface area (Å²) in [4.78, 5) is 4.74. The third kappa shape index (κ3) is 3.47. The van der Waals surface area contributed by atoms with Crippen LogP contribution in [0, 0.1) is 5.92 Å². The fraction of sp³-hybridized carbons (Fsp3) is 0.812. The molecule has 3 heterocycles. The van der Waals surface area contributed by atoms with Crippen LogP contribution in [0.2, 0.25) is 0 Å². The highest BCUT2D eigenvalue weighted by Gasteiger charge is 2.46. The molecular formula is C16H28N4O. The molecule has 5 heteroatoms. The Hall–Kier alpha value is -0.910. The first kappa shape index (κ1) is 15.0. The van der Waals surface area contributed by atoms with Crippen LogP contribution >= 0.6 is 0 Å². The van der Waals surface area contributed by atoms with Crippen LogP contribution in [0.3, 0.4) is 0 Å². The lowest BCUT2D eigenvalue weighted by molar-refractivity contribution is -0.182. The monoisotopic (exact) mass is 292 g/mol. The molecular weight excluding hydrogens is 264 g/mol. The van der Waals surface area contributed by atoms with Crippen LogP contribution in [0.25, 0.3) is 0 Å². The summed E-state index contributed by atoms with van der Waals surface area (Å²) in [6.07, 6.45) is 6.67. The molecule has 2 saturated heterocycles. The Morgan fingerprint density at radius 1 is 1.43 bits per heavy atom. The minimum absolute atomic E-state index is 0.156. The summed E-state index contributed by atoms with van der Waals surface area (Å²) in [5.41, 5.74) is 1.47. The van der Waals surface area contributed by atoms with E-state index in [2.05, 4.69) is 42.1 Å². The lowest BCUT2D eigenvalue weighted by Gasteiger charge is -2.53. The second-order valence-electron chi connectivity index (χ2n) is 7.01. The van der Waals surface area contributed by atoms with Crippen LogP contribution in [0.4, 0.5) is 0 Å². The maximum atomic E-state index is 6.22. The third-order valence-electron chi connectivity index (χ3n) is 4.70. The number of aromatic nitrogens is 2. The van der Waals surface area contributed by atoms with Gasteiger partial charge in [0, 0.05) is 44.5 Å². The molecule has 0 bridgehead atoms. The maximum Gasteiger partial charge on any atom is 0.0935 e. The highest BCUT2D eigenvalue weighted by Crippen LogP contribution is 2.36. The smallest absolute Gasteiger partial charge is 0.0935 e. The zero-order valence-corrected chi connectivity index (χ0v) is 13.6. The van der Waals surface area contributed by atoms with Gasteiger partial charge in [-0.15, -0.1) is 0 Å². The maximum absolute atomic E-state index is 6.22. The zero-order valence-electron chi connectivity index (χ0n) is 13.6. The van der Waals surface area contributed by atoms with E-state index in [0.29, 0.717) is 5.92 Å². The van der Waals surface area contributed by atoms with Gasteiger partial charge in [0.2, 0.25) is 0 Å². The molecule has 0 aromatic carbocycles. The van der Waals surface area contributed by atoms with E-state index in [0.717, 1.165) is 39.3 Å². The number of nitrogens with zero attached hydrogens (tertiary/aromatic N) is 4. The lowest BCUT2D eigenvalue weighted by atomic mass is 9.82. The molecule has 1 aromatic heterocycles. The van der Waals surface area contributed by atoms with E-state index in [4.69, 9.17) is 4.74 Å². The Bertz CT molecular complexity index is 455. The van der Waals surface area contributed by atoms with Gasteiger partial charge in [-0.05, 0) is 39.8 Å². The van der Waals surface area contributed by atoms with Gasteiger partial charge >= 0.3 is 0 Å². The Morgan fingerprint density at radius 2 is 2.24 bits per heavy atom. The molecule has 0 amide bonds. The summed E-state index contributed by atoms with van der Waals surface area (Å²) in [5.74, 6) is 0.711. The van der Waals surface area contributed by atoms with Crippen molar-refractivity contribution in [3.63, 3.8) is 0 Å². The van der Waals surface area contributed by atoms with Crippen molar-refractivity contribution >= 4 is 0 Å². The molecule has 0 saturated carbocycles. The first-order valence-electron chi connectivity index (χ1n) is 8.11. The van der Waals surface area contributed by atoms with Crippen LogP contribution in [-0.2, 0) is 17.8 Å². The first-order chi connectivity index (χ1) is 10.1. The van der Waals surface area contributed by atoms with Crippen molar-refractivity contribution in [3.05, 3.63) is 18.0 Å². The standard InChI is InChI=1S/C16H28N4O/c1-4-20-10-15(7-17-20)9-19-12-16(13-19)6-5-14(11-21-16)8-18(2)3/h7,10,14H,4-6,8-9,11-13H2,1-3H3. The van der Waals surface area contributed by atoms with E-state index in [9.17, 15) is 0 Å². The largest absolute Gasteiger partial charge is 0.372 e. The summed E-state index contributed by atoms with van der Waals surface area (Å²) in [6, 6.07) is 0. The SMILES string of the molecule is CCn1cc(CN2CC3(CCC(CN(C)C)CO3)C2)cn1. The topological polar surface area (TPSA) is 33.5 Å². The van der Waals surface area contributed by atoms with E-state index in [1.165, 1.54) is 18.4 Å². The number of hydrogen-bond donors (Lipinski definition) is 0. The molecule has 118 valence electrons. The van der Waals surface area contributed by atoms with E-state index >= 15 is 0 Å². The van der Waals surface area contributed by atoms with Crippen molar-refractivity contribution in [2.75, 3.05) is 40.3 Å². The molecule has 1 unspecified atom stereocenters. The molecule has 21 heavy (non-hydrogen) atoms. The molecule has 5 nitrogen and oxygen atoms in total. The van der Waals surface area contributed by atoms with Crippen LogP contribution in [0.1, 0.15) is 25.3 Å². The Labute approximate surface area is 127 Å². The van der Waals surface area contributed by atoms with Crippen molar-refractivity contribution in [2.24, 2.45) is 5.92 Å². The molecule has 0 aliphatic carbocycles. The fourth-order valence-corrected chi connectivity index (χ4v) is 3.63. The minimum Gasteiger partial charge on any atom is -0.372 e. The molecule has 1 aromatic rings. The number of hydrogen-bond acceptors (Lipinski definition) is 4. The normalized spacial score (nSPS) is 25.4. The van der Waals surface area contributed by atoms with E-state index in [1.54, 1.807) is 0 Å². The Morgan fingerprint density at radius 3 is 2.81 bits per heavy atom. The van der Waals surface area contributed by atoms with Crippen LogP contribution < -0.4 is 0 Å². The molecule has 0 N–H and O–H groups in total. The van der Waals surface area contributed by atoms with Crippen molar-refractivity contribution in [1.29, 1.82) is 0 Å². The van der Waals surface area contributed by atoms with Gasteiger partial charge in [-0.1, -0.05) is 0 Å². The zero-order chi connectivity index (χ0) is 14.9. The molecule has 1 spiro atoms. The van der Waals surface area contributed by atoms with Gasteiger partial charge in [0.25, 0.3) is 0 Å². The average Bonchev–Trinajstić information content (AvgIpc) is 2.86. The van der Waals surface area contributed by atoms with E-state index < -0.39 is 0 Å². The molecule has 2 fully saturated rings. The van der Waals surface area contributed by atoms with Crippen molar-refractivity contribution in [1.82, 2.24) is 19.6 Å². The van der Waals surface area contributed by atoms with Gasteiger partial charge in [-0.25, -0.2) is 0 Å². The summed E-state index contributed by atoms with van der Waals surface area (Å²) >= 11 is 0. The van der Waals surface area contributed by atoms with Crippen molar-refractivity contribution in [3.8, 4) is 0 Å². The summed E-state index contributed by atoms with van der Waals surface area (Å²) in [6.45, 7) is 8.32. The first-order valence-corrected chi connectivity index (χ1v) is 8.11. The van der Waals surface area contributed by atoms with Crippen molar-refractivity contribution < 1.29 is 4.74 Å². The van der Waals surface area contributed by atoms with Gasteiger partial charge in [-0.2, -0.15) is 5.10 Å². The molecule has 1 atom stereocenters.